The number of nitro groups is 1. The summed E-state index contributed by atoms with van der Waals surface area (Å²) in [5, 5.41) is 19.6. The van der Waals surface area contributed by atoms with Gasteiger partial charge in [0.1, 0.15) is 5.56 Å². The zero-order valence-electron chi connectivity index (χ0n) is 8.54. The van der Waals surface area contributed by atoms with Crippen LogP contribution in [0.1, 0.15) is 10.4 Å². The van der Waals surface area contributed by atoms with Gasteiger partial charge in [0, 0.05) is 19.3 Å². The van der Waals surface area contributed by atoms with Crippen LogP contribution in [0.5, 0.6) is 0 Å². The summed E-state index contributed by atoms with van der Waals surface area (Å²) in [6.45, 7) is 0.353. The number of carbonyl (C=O) groups excluding carboxylic acids is 1. The maximum Gasteiger partial charge on any atom is 0.319 e. The molecule has 8 heteroatoms. The molecule has 0 radical (unpaired) electrons. The summed E-state index contributed by atoms with van der Waals surface area (Å²) in [6.07, 6.45) is 0.675. The summed E-state index contributed by atoms with van der Waals surface area (Å²) in [4.78, 5) is 26.8. The molecule has 2 heterocycles. The van der Waals surface area contributed by atoms with E-state index in [1.54, 1.807) is 0 Å². The highest BCUT2D eigenvalue weighted by Crippen LogP contribution is 2.28. The molecule has 1 aromatic rings. The van der Waals surface area contributed by atoms with Crippen LogP contribution in [0.2, 0.25) is 5.15 Å². The van der Waals surface area contributed by atoms with Crippen LogP contribution in [0.4, 0.5) is 5.69 Å². The number of aromatic nitrogens is 1. The Morgan fingerprint density at radius 1 is 1.65 bits per heavy atom. The quantitative estimate of drug-likeness (QED) is 0.472. The fraction of sp³-hybridized carbons (Fsp3) is 0.333. The van der Waals surface area contributed by atoms with Crippen molar-refractivity contribution in [1.82, 2.24) is 9.88 Å². The number of β-amino-alcohol motifs (C(OH)–C–C–N with tert-alkyl or cyclic N) is 1. The van der Waals surface area contributed by atoms with Crippen molar-refractivity contribution in [3.63, 3.8) is 0 Å². The Morgan fingerprint density at radius 2 is 2.29 bits per heavy atom. The third kappa shape index (κ3) is 2.06. The molecular weight excluding hydrogens is 250 g/mol. The van der Waals surface area contributed by atoms with Gasteiger partial charge >= 0.3 is 5.69 Å². The normalized spacial score (nSPS) is 15.5. The molecule has 0 bridgehead atoms. The van der Waals surface area contributed by atoms with E-state index < -0.39 is 22.6 Å². The molecule has 1 aliphatic rings. The highest BCUT2D eigenvalue weighted by molar-refractivity contribution is 6.32. The van der Waals surface area contributed by atoms with Gasteiger partial charge in [0.05, 0.1) is 11.0 Å². The SMILES string of the molecule is O=C(c1ccnc(Cl)c1[N+](=O)[O-])N1CC(O)C1. The zero-order valence-corrected chi connectivity index (χ0v) is 9.29. The molecule has 1 N–H and O–H groups in total. The molecule has 1 amide bonds. The summed E-state index contributed by atoms with van der Waals surface area (Å²) in [5.41, 5.74) is -0.609. The molecule has 2 rings (SSSR count). The minimum absolute atomic E-state index is 0.109. The lowest BCUT2D eigenvalue weighted by atomic mass is 10.1. The fourth-order valence-corrected chi connectivity index (χ4v) is 1.79. The average molecular weight is 258 g/mol. The van der Waals surface area contributed by atoms with E-state index in [1.807, 2.05) is 0 Å². The van der Waals surface area contributed by atoms with E-state index >= 15 is 0 Å². The van der Waals surface area contributed by atoms with Crippen LogP contribution in [0, 0.1) is 10.1 Å². The Labute approximate surface area is 101 Å². The zero-order chi connectivity index (χ0) is 12.6. The molecule has 1 aromatic heterocycles. The standard InChI is InChI=1S/C9H8ClN3O4/c10-8-7(13(16)17)6(1-2-11-8)9(15)12-3-5(14)4-12/h1-2,5,14H,3-4H2. The van der Waals surface area contributed by atoms with Crippen molar-refractivity contribution in [2.24, 2.45) is 0 Å². The maximum atomic E-state index is 11.9. The molecule has 0 atom stereocenters. The number of hydrogen-bond acceptors (Lipinski definition) is 5. The van der Waals surface area contributed by atoms with E-state index in [0.717, 1.165) is 0 Å². The number of aliphatic hydroxyl groups excluding tert-OH is 1. The van der Waals surface area contributed by atoms with Gasteiger partial charge in [-0.1, -0.05) is 11.6 Å². The lowest BCUT2D eigenvalue weighted by Crippen LogP contribution is -2.53. The van der Waals surface area contributed by atoms with Crippen LogP contribution in [-0.2, 0) is 0 Å². The second kappa shape index (κ2) is 4.27. The Morgan fingerprint density at radius 3 is 2.82 bits per heavy atom. The van der Waals surface area contributed by atoms with Gasteiger partial charge < -0.3 is 10.0 Å². The first-order valence-electron chi connectivity index (χ1n) is 4.77. The first-order valence-corrected chi connectivity index (χ1v) is 5.14. The van der Waals surface area contributed by atoms with E-state index in [9.17, 15) is 14.9 Å². The van der Waals surface area contributed by atoms with Crippen molar-refractivity contribution in [3.8, 4) is 0 Å². The Balaban J connectivity index is 2.35. The first kappa shape index (κ1) is 11.7. The van der Waals surface area contributed by atoms with Gasteiger partial charge in [-0.2, -0.15) is 0 Å². The van der Waals surface area contributed by atoms with Crippen molar-refractivity contribution < 1.29 is 14.8 Å². The van der Waals surface area contributed by atoms with Gasteiger partial charge in [-0.05, 0) is 6.07 Å². The molecule has 7 nitrogen and oxygen atoms in total. The predicted octanol–water partition coefficient (Wildman–Crippen LogP) is 0.460. The number of halogens is 1. The largest absolute Gasteiger partial charge is 0.389 e. The van der Waals surface area contributed by atoms with Gasteiger partial charge in [-0.3, -0.25) is 14.9 Å². The summed E-state index contributed by atoms with van der Waals surface area (Å²) in [6, 6.07) is 1.25. The van der Waals surface area contributed by atoms with Crippen molar-refractivity contribution in [3.05, 3.63) is 33.1 Å². The van der Waals surface area contributed by atoms with Crippen LogP contribution >= 0.6 is 11.6 Å². The molecule has 0 aromatic carbocycles. The molecule has 90 valence electrons. The van der Waals surface area contributed by atoms with E-state index in [4.69, 9.17) is 16.7 Å². The van der Waals surface area contributed by atoms with Gasteiger partial charge in [-0.25, -0.2) is 4.98 Å². The van der Waals surface area contributed by atoms with Crippen molar-refractivity contribution in [1.29, 1.82) is 0 Å². The fourth-order valence-electron chi connectivity index (χ4n) is 1.57. The minimum atomic E-state index is -0.737. The number of hydrogen-bond donors (Lipinski definition) is 1. The lowest BCUT2D eigenvalue weighted by Gasteiger charge is -2.35. The maximum absolute atomic E-state index is 11.9. The number of carbonyl (C=O) groups is 1. The predicted molar refractivity (Wildman–Crippen MR) is 57.8 cm³/mol. The average Bonchev–Trinajstić information content (AvgIpc) is 2.23. The number of aliphatic hydroxyl groups is 1. The van der Waals surface area contributed by atoms with Crippen LogP contribution < -0.4 is 0 Å². The number of nitrogens with zero attached hydrogens (tertiary/aromatic N) is 3. The van der Waals surface area contributed by atoms with Crippen molar-refractivity contribution >= 4 is 23.2 Å². The number of amides is 1. The second-order valence-corrected chi connectivity index (χ2v) is 3.98. The summed E-state index contributed by atoms with van der Waals surface area (Å²) in [7, 11) is 0. The summed E-state index contributed by atoms with van der Waals surface area (Å²) < 4.78 is 0. The lowest BCUT2D eigenvalue weighted by molar-refractivity contribution is -0.385. The molecule has 0 spiro atoms. The summed E-state index contributed by atoms with van der Waals surface area (Å²) in [5.74, 6) is -0.522. The molecule has 1 saturated heterocycles. The molecule has 0 unspecified atom stereocenters. The summed E-state index contributed by atoms with van der Waals surface area (Å²) >= 11 is 5.59. The Kier molecular flexibility index (Phi) is 2.95. The van der Waals surface area contributed by atoms with Crippen LogP contribution in [-0.4, -0.2) is 45.0 Å². The Hall–Kier alpha value is -1.73. The third-order valence-corrected chi connectivity index (χ3v) is 2.72. The monoisotopic (exact) mass is 257 g/mol. The molecule has 17 heavy (non-hydrogen) atoms. The van der Waals surface area contributed by atoms with Crippen molar-refractivity contribution in [2.75, 3.05) is 13.1 Å². The topological polar surface area (TPSA) is 96.6 Å². The van der Waals surface area contributed by atoms with Gasteiger partial charge in [0.2, 0.25) is 5.15 Å². The Bertz CT molecular complexity index is 487. The van der Waals surface area contributed by atoms with Gasteiger partial charge in [0.15, 0.2) is 0 Å². The van der Waals surface area contributed by atoms with Gasteiger partial charge in [0.25, 0.3) is 5.91 Å². The number of rotatable bonds is 2. The number of likely N-dealkylation sites (tertiary alicyclic amines) is 1. The third-order valence-electron chi connectivity index (χ3n) is 2.44. The second-order valence-electron chi connectivity index (χ2n) is 3.62. The van der Waals surface area contributed by atoms with E-state index in [-0.39, 0.29) is 23.8 Å². The highest BCUT2D eigenvalue weighted by atomic mass is 35.5. The first-order chi connectivity index (χ1) is 8.00. The smallest absolute Gasteiger partial charge is 0.319 e. The van der Waals surface area contributed by atoms with Crippen LogP contribution in [0.3, 0.4) is 0 Å². The van der Waals surface area contributed by atoms with Gasteiger partial charge in [-0.15, -0.1) is 0 Å². The molecule has 0 saturated carbocycles. The van der Waals surface area contributed by atoms with E-state index in [1.165, 1.54) is 17.2 Å². The van der Waals surface area contributed by atoms with Crippen molar-refractivity contribution in [2.45, 2.75) is 6.10 Å². The highest BCUT2D eigenvalue weighted by Gasteiger charge is 2.34. The van der Waals surface area contributed by atoms with Crippen LogP contribution in [0.15, 0.2) is 12.3 Å². The van der Waals surface area contributed by atoms with E-state index in [0.29, 0.717) is 0 Å². The molecular formula is C9H8ClN3O4. The number of pyridine rings is 1. The van der Waals surface area contributed by atoms with E-state index in [2.05, 4.69) is 4.98 Å². The van der Waals surface area contributed by atoms with Crippen LogP contribution in [0.25, 0.3) is 0 Å². The molecule has 0 aliphatic carbocycles. The minimum Gasteiger partial charge on any atom is -0.389 e. The molecule has 1 aliphatic heterocycles. The molecule has 1 fully saturated rings.